The van der Waals surface area contributed by atoms with E-state index < -0.39 is 5.97 Å². The molecule has 0 bridgehead atoms. The van der Waals surface area contributed by atoms with Gasteiger partial charge in [0.2, 0.25) is 0 Å². The van der Waals surface area contributed by atoms with Crippen LogP contribution in [0, 0.1) is 11.8 Å². The molecule has 0 atom stereocenters. The van der Waals surface area contributed by atoms with Crippen molar-refractivity contribution in [2.45, 2.75) is 0 Å². The van der Waals surface area contributed by atoms with E-state index in [1.807, 2.05) is 30.3 Å². The van der Waals surface area contributed by atoms with Crippen LogP contribution in [-0.4, -0.2) is 5.97 Å². The molecular weight excluding hydrogens is 164 g/mol. The molecule has 0 fully saturated rings. The zero-order valence-corrected chi connectivity index (χ0v) is 6.99. The molecule has 0 N–H and O–H groups in total. The predicted octanol–water partition coefficient (Wildman–Crippen LogP) is 1.72. The van der Waals surface area contributed by atoms with Gasteiger partial charge in [-0.25, -0.2) is 4.79 Å². The van der Waals surface area contributed by atoms with E-state index in [4.69, 9.17) is 0 Å². The summed E-state index contributed by atoms with van der Waals surface area (Å²) in [5.41, 5.74) is 0.781. The van der Waals surface area contributed by atoms with Crippen molar-refractivity contribution in [1.82, 2.24) is 0 Å². The summed E-state index contributed by atoms with van der Waals surface area (Å²) in [6.07, 6.45) is 1.06. The van der Waals surface area contributed by atoms with Gasteiger partial charge in [0, 0.05) is 11.5 Å². The minimum atomic E-state index is -0.598. The molecule has 2 heteroatoms. The molecule has 0 aliphatic heterocycles. The number of carbonyl (C=O) groups is 1. The first-order valence-corrected chi connectivity index (χ1v) is 3.71. The Hall–Kier alpha value is -2.01. The second-order valence-corrected chi connectivity index (χ2v) is 2.19. The Morgan fingerprint density at radius 2 is 2.08 bits per heavy atom. The van der Waals surface area contributed by atoms with Gasteiger partial charge in [0.05, 0.1) is 6.26 Å². The molecule has 0 unspecified atom stereocenters. The Morgan fingerprint density at radius 1 is 1.38 bits per heavy atom. The highest BCUT2D eigenvalue weighted by Gasteiger charge is 1.90. The molecule has 64 valence electrons. The van der Waals surface area contributed by atoms with E-state index in [1.165, 1.54) is 0 Å². The van der Waals surface area contributed by atoms with Gasteiger partial charge in [-0.3, -0.25) is 0 Å². The summed E-state index contributed by atoms with van der Waals surface area (Å²) in [7, 11) is 0. The smallest absolute Gasteiger partial charge is 0.389 e. The standard InChI is InChI=1S/C11H8O2/c1-2-13-11(12)9-8-10-6-4-3-5-7-10/h2-7H,1H2. The van der Waals surface area contributed by atoms with Crippen LogP contribution in [0.3, 0.4) is 0 Å². The van der Waals surface area contributed by atoms with Crippen molar-refractivity contribution < 1.29 is 9.53 Å². The van der Waals surface area contributed by atoms with Crippen LogP contribution in [-0.2, 0) is 9.53 Å². The molecule has 0 aliphatic carbocycles. The lowest BCUT2D eigenvalue weighted by Crippen LogP contribution is -1.93. The Bertz CT molecular complexity index is 355. The number of hydrogen-bond acceptors (Lipinski definition) is 2. The number of hydrogen-bond donors (Lipinski definition) is 0. The van der Waals surface area contributed by atoms with Crippen LogP contribution in [0.15, 0.2) is 43.2 Å². The largest absolute Gasteiger partial charge is 0.426 e. The van der Waals surface area contributed by atoms with Crippen LogP contribution in [0.2, 0.25) is 0 Å². The first-order chi connectivity index (χ1) is 6.33. The lowest BCUT2D eigenvalue weighted by Gasteiger charge is -1.87. The first-order valence-electron chi connectivity index (χ1n) is 3.71. The lowest BCUT2D eigenvalue weighted by atomic mass is 10.2. The maximum Gasteiger partial charge on any atom is 0.389 e. The third kappa shape index (κ3) is 3.26. The van der Waals surface area contributed by atoms with Crippen molar-refractivity contribution >= 4 is 5.97 Å². The zero-order valence-electron chi connectivity index (χ0n) is 6.99. The van der Waals surface area contributed by atoms with Crippen molar-refractivity contribution in [1.29, 1.82) is 0 Å². The third-order valence-electron chi connectivity index (χ3n) is 1.27. The number of esters is 1. The molecule has 1 aromatic rings. The van der Waals surface area contributed by atoms with Gasteiger partial charge in [-0.2, -0.15) is 0 Å². The fourth-order valence-electron chi connectivity index (χ4n) is 0.750. The SMILES string of the molecule is C=COC(=O)C#Cc1ccccc1. The summed E-state index contributed by atoms with van der Waals surface area (Å²) in [6, 6.07) is 9.21. The number of ether oxygens (including phenoxy) is 1. The van der Waals surface area contributed by atoms with E-state index in [0.29, 0.717) is 0 Å². The molecule has 0 radical (unpaired) electrons. The van der Waals surface area contributed by atoms with Gasteiger partial charge >= 0.3 is 5.97 Å². The molecule has 0 spiro atoms. The van der Waals surface area contributed by atoms with Crippen LogP contribution in [0.5, 0.6) is 0 Å². The van der Waals surface area contributed by atoms with Gasteiger partial charge < -0.3 is 4.74 Å². The first kappa shape index (κ1) is 9.08. The van der Waals surface area contributed by atoms with E-state index in [2.05, 4.69) is 23.2 Å². The van der Waals surface area contributed by atoms with Gasteiger partial charge in [-0.05, 0) is 12.1 Å². The average Bonchev–Trinajstić information content (AvgIpc) is 2.17. The van der Waals surface area contributed by atoms with Gasteiger partial charge in [-0.1, -0.05) is 30.7 Å². The van der Waals surface area contributed by atoms with E-state index in [0.717, 1.165) is 11.8 Å². The minimum Gasteiger partial charge on any atom is -0.426 e. The van der Waals surface area contributed by atoms with Crippen LogP contribution < -0.4 is 0 Å². The Kier molecular flexibility index (Phi) is 3.34. The predicted molar refractivity (Wildman–Crippen MR) is 49.6 cm³/mol. The van der Waals surface area contributed by atoms with Crippen LogP contribution in [0.4, 0.5) is 0 Å². The van der Waals surface area contributed by atoms with E-state index in [-0.39, 0.29) is 0 Å². The molecular formula is C11H8O2. The highest BCUT2D eigenvalue weighted by Crippen LogP contribution is 1.94. The van der Waals surface area contributed by atoms with Crippen molar-refractivity contribution in [2.24, 2.45) is 0 Å². The number of benzene rings is 1. The Labute approximate surface area is 76.8 Å². The fraction of sp³-hybridized carbons (Fsp3) is 0. The van der Waals surface area contributed by atoms with Crippen LogP contribution >= 0.6 is 0 Å². The molecule has 0 heterocycles. The van der Waals surface area contributed by atoms with Gasteiger partial charge in [0.25, 0.3) is 0 Å². The molecule has 1 rings (SSSR count). The van der Waals surface area contributed by atoms with E-state index in [1.54, 1.807) is 0 Å². The highest BCUT2D eigenvalue weighted by molar-refractivity contribution is 5.89. The fourth-order valence-corrected chi connectivity index (χ4v) is 0.750. The summed E-state index contributed by atoms with van der Waals surface area (Å²) >= 11 is 0. The third-order valence-corrected chi connectivity index (χ3v) is 1.27. The quantitative estimate of drug-likeness (QED) is 0.366. The number of rotatable bonds is 1. The normalized spacial score (nSPS) is 8.00. The molecule has 0 saturated carbocycles. The minimum absolute atomic E-state index is 0.598. The average molecular weight is 172 g/mol. The summed E-state index contributed by atoms with van der Waals surface area (Å²) < 4.78 is 4.41. The van der Waals surface area contributed by atoms with Crippen LogP contribution in [0.25, 0.3) is 0 Å². The van der Waals surface area contributed by atoms with Crippen LogP contribution in [0.1, 0.15) is 5.56 Å². The molecule has 1 aromatic carbocycles. The second kappa shape index (κ2) is 4.78. The topological polar surface area (TPSA) is 26.3 Å². The molecule has 2 nitrogen and oxygen atoms in total. The van der Waals surface area contributed by atoms with Gasteiger partial charge in [0.1, 0.15) is 0 Å². The van der Waals surface area contributed by atoms with E-state index >= 15 is 0 Å². The summed E-state index contributed by atoms with van der Waals surface area (Å²) in [6.45, 7) is 3.24. The molecule has 0 aliphatic rings. The summed E-state index contributed by atoms with van der Waals surface area (Å²) in [5.74, 6) is 4.38. The van der Waals surface area contributed by atoms with Crippen molar-refractivity contribution in [3.63, 3.8) is 0 Å². The Morgan fingerprint density at radius 3 is 2.69 bits per heavy atom. The van der Waals surface area contributed by atoms with E-state index in [9.17, 15) is 4.79 Å². The number of carbonyl (C=O) groups excluding carboxylic acids is 1. The molecule has 13 heavy (non-hydrogen) atoms. The summed E-state index contributed by atoms with van der Waals surface area (Å²) in [5, 5.41) is 0. The molecule has 0 aromatic heterocycles. The summed E-state index contributed by atoms with van der Waals surface area (Å²) in [4.78, 5) is 10.7. The van der Waals surface area contributed by atoms with Crippen molar-refractivity contribution in [3.05, 3.63) is 48.7 Å². The Balaban J connectivity index is 2.67. The monoisotopic (exact) mass is 172 g/mol. The zero-order chi connectivity index (χ0) is 9.52. The lowest BCUT2D eigenvalue weighted by molar-refractivity contribution is -0.131. The molecule has 0 amide bonds. The molecule has 0 saturated heterocycles. The maximum absolute atomic E-state index is 10.7. The van der Waals surface area contributed by atoms with Crippen molar-refractivity contribution in [3.8, 4) is 11.8 Å². The van der Waals surface area contributed by atoms with Crippen molar-refractivity contribution in [2.75, 3.05) is 0 Å². The van der Waals surface area contributed by atoms with Gasteiger partial charge in [0.15, 0.2) is 0 Å². The van der Waals surface area contributed by atoms with Gasteiger partial charge in [-0.15, -0.1) is 0 Å². The highest BCUT2D eigenvalue weighted by atomic mass is 16.5. The maximum atomic E-state index is 10.7. The second-order valence-electron chi connectivity index (χ2n) is 2.19.